The van der Waals surface area contributed by atoms with Crippen molar-refractivity contribution in [2.24, 2.45) is 0 Å². The number of aromatic amines is 1. The molecule has 0 aliphatic carbocycles. The molecule has 1 aromatic heterocycles. The molecule has 2 N–H and O–H groups in total. The quantitative estimate of drug-likeness (QED) is 0.442. The number of nitrogens with one attached hydrogen (secondary N) is 2. The summed E-state index contributed by atoms with van der Waals surface area (Å²) in [5.41, 5.74) is 2.92. The first-order valence-corrected chi connectivity index (χ1v) is 10.1. The van der Waals surface area contributed by atoms with E-state index in [0.29, 0.717) is 29.8 Å². The lowest BCUT2D eigenvalue weighted by atomic mass is 9.99. The van der Waals surface area contributed by atoms with E-state index in [2.05, 4.69) is 10.3 Å². The Morgan fingerprint density at radius 1 is 1.09 bits per heavy atom. The molecule has 1 heterocycles. The van der Waals surface area contributed by atoms with Gasteiger partial charge in [-0.05, 0) is 55.2 Å². The third kappa shape index (κ3) is 5.49. The summed E-state index contributed by atoms with van der Waals surface area (Å²) in [4.78, 5) is 39.3. The molecule has 0 aliphatic heterocycles. The second-order valence-corrected chi connectivity index (χ2v) is 7.34. The Kier molecular flexibility index (Phi) is 7.19. The van der Waals surface area contributed by atoms with Crippen LogP contribution in [-0.4, -0.2) is 16.9 Å². The van der Waals surface area contributed by atoms with Crippen LogP contribution in [0.4, 0.5) is 0 Å². The van der Waals surface area contributed by atoms with E-state index in [1.165, 1.54) is 6.07 Å². The highest BCUT2D eigenvalue weighted by Crippen LogP contribution is 2.17. The van der Waals surface area contributed by atoms with Crippen molar-refractivity contribution in [2.45, 2.75) is 33.2 Å². The van der Waals surface area contributed by atoms with E-state index in [-0.39, 0.29) is 23.6 Å². The molecule has 7 heteroatoms. The van der Waals surface area contributed by atoms with E-state index in [9.17, 15) is 14.4 Å². The lowest BCUT2D eigenvalue weighted by Gasteiger charge is -2.11. The number of esters is 1. The van der Waals surface area contributed by atoms with Gasteiger partial charge in [0.2, 0.25) is 0 Å². The first-order chi connectivity index (χ1) is 15.4. The first-order valence-electron chi connectivity index (χ1n) is 10.1. The van der Waals surface area contributed by atoms with Crippen molar-refractivity contribution >= 4 is 11.9 Å². The maximum Gasteiger partial charge on any atom is 0.311 e. The number of aromatic nitrogens is 1. The van der Waals surface area contributed by atoms with Crippen LogP contribution in [0, 0.1) is 25.2 Å². The van der Waals surface area contributed by atoms with Crippen LogP contribution >= 0.6 is 0 Å². The van der Waals surface area contributed by atoms with E-state index < -0.39 is 11.5 Å². The van der Waals surface area contributed by atoms with Gasteiger partial charge < -0.3 is 15.0 Å². The summed E-state index contributed by atoms with van der Waals surface area (Å²) in [7, 11) is 0. The molecule has 3 rings (SSSR count). The maximum atomic E-state index is 12.4. The molecule has 0 atom stereocenters. The Hall–Kier alpha value is -4.18. The van der Waals surface area contributed by atoms with Gasteiger partial charge in [-0.25, -0.2) is 0 Å². The monoisotopic (exact) mass is 429 g/mol. The van der Waals surface area contributed by atoms with Gasteiger partial charge in [0.1, 0.15) is 17.4 Å². The summed E-state index contributed by atoms with van der Waals surface area (Å²) in [6.07, 6.45) is 0.377. The zero-order valence-corrected chi connectivity index (χ0v) is 17.9. The fourth-order valence-corrected chi connectivity index (χ4v) is 3.41. The minimum atomic E-state index is -0.477. The number of hydrogen-bond acceptors (Lipinski definition) is 5. The topological polar surface area (TPSA) is 112 Å². The Labute approximate surface area is 185 Å². The highest BCUT2D eigenvalue weighted by Gasteiger charge is 2.15. The number of benzene rings is 2. The summed E-state index contributed by atoms with van der Waals surface area (Å²) >= 11 is 0. The second kappa shape index (κ2) is 10.2. The van der Waals surface area contributed by atoms with Crippen molar-refractivity contribution in [3.63, 3.8) is 0 Å². The number of carbonyl (C=O) groups is 2. The number of pyridine rings is 1. The molecule has 0 saturated carbocycles. The SMILES string of the molecule is Cc1[nH]c(=O)c(C#N)c(C)c1CCC(=O)Oc1cccc(C(=O)NCc2ccccc2)c1. The lowest BCUT2D eigenvalue weighted by Crippen LogP contribution is -2.22. The molecule has 0 spiro atoms. The van der Waals surface area contributed by atoms with Crippen molar-refractivity contribution in [3.8, 4) is 11.8 Å². The Morgan fingerprint density at radius 3 is 2.56 bits per heavy atom. The van der Waals surface area contributed by atoms with Crippen LogP contribution in [0.15, 0.2) is 59.4 Å². The highest BCUT2D eigenvalue weighted by molar-refractivity contribution is 5.94. The standard InChI is InChI=1S/C25H23N3O4/c1-16-21(17(2)28-25(31)22(16)14-26)11-12-23(29)32-20-10-6-9-19(13-20)24(30)27-15-18-7-4-3-5-8-18/h3-10,13H,11-12,15H2,1-2H3,(H,27,30)(H,28,31). The van der Waals surface area contributed by atoms with Gasteiger partial charge in [0.25, 0.3) is 11.5 Å². The highest BCUT2D eigenvalue weighted by atomic mass is 16.5. The van der Waals surface area contributed by atoms with Crippen LogP contribution in [0.2, 0.25) is 0 Å². The minimum absolute atomic E-state index is 0.0492. The molecule has 7 nitrogen and oxygen atoms in total. The number of rotatable bonds is 7. The predicted molar refractivity (Wildman–Crippen MR) is 119 cm³/mol. The van der Waals surface area contributed by atoms with Crippen molar-refractivity contribution in [2.75, 3.05) is 0 Å². The number of nitriles is 1. The first kappa shape index (κ1) is 22.5. The third-order valence-electron chi connectivity index (χ3n) is 5.12. The van der Waals surface area contributed by atoms with Crippen LogP contribution in [-0.2, 0) is 17.8 Å². The van der Waals surface area contributed by atoms with Gasteiger partial charge in [0.15, 0.2) is 0 Å². The molecule has 0 unspecified atom stereocenters. The largest absolute Gasteiger partial charge is 0.426 e. The molecule has 0 aliphatic rings. The van der Waals surface area contributed by atoms with Crippen molar-refractivity contribution < 1.29 is 14.3 Å². The van der Waals surface area contributed by atoms with E-state index in [4.69, 9.17) is 10.00 Å². The van der Waals surface area contributed by atoms with E-state index >= 15 is 0 Å². The lowest BCUT2D eigenvalue weighted by molar-refractivity contribution is -0.134. The number of aryl methyl sites for hydroxylation is 1. The molecule has 2 aromatic carbocycles. The van der Waals surface area contributed by atoms with Crippen LogP contribution in [0.5, 0.6) is 5.75 Å². The zero-order valence-electron chi connectivity index (χ0n) is 17.9. The summed E-state index contributed by atoms with van der Waals surface area (Å²) in [6.45, 7) is 3.82. The van der Waals surface area contributed by atoms with Gasteiger partial charge in [-0.3, -0.25) is 14.4 Å². The van der Waals surface area contributed by atoms with Gasteiger partial charge in [-0.1, -0.05) is 36.4 Å². The van der Waals surface area contributed by atoms with Crippen molar-refractivity contribution in [1.29, 1.82) is 5.26 Å². The minimum Gasteiger partial charge on any atom is -0.426 e. The number of nitrogens with zero attached hydrogens (tertiary/aromatic N) is 1. The molecule has 0 bridgehead atoms. The average molecular weight is 429 g/mol. The van der Waals surface area contributed by atoms with Gasteiger partial charge >= 0.3 is 5.97 Å². The van der Waals surface area contributed by atoms with Crippen LogP contribution in [0.3, 0.4) is 0 Å². The van der Waals surface area contributed by atoms with Crippen LogP contribution in [0.25, 0.3) is 0 Å². The molecule has 0 fully saturated rings. The average Bonchev–Trinajstić information content (AvgIpc) is 2.78. The molecule has 0 radical (unpaired) electrons. The number of H-pyrrole nitrogens is 1. The number of hydrogen-bond donors (Lipinski definition) is 2. The molecule has 32 heavy (non-hydrogen) atoms. The Morgan fingerprint density at radius 2 is 1.84 bits per heavy atom. The maximum absolute atomic E-state index is 12.4. The van der Waals surface area contributed by atoms with Crippen LogP contribution < -0.4 is 15.6 Å². The molecular formula is C25H23N3O4. The van der Waals surface area contributed by atoms with Gasteiger partial charge in [-0.15, -0.1) is 0 Å². The molecule has 0 saturated heterocycles. The summed E-state index contributed by atoms with van der Waals surface area (Å²) in [6, 6.07) is 17.9. The van der Waals surface area contributed by atoms with E-state index in [1.807, 2.05) is 36.4 Å². The van der Waals surface area contributed by atoms with Crippen LogP contribution in [0.1, 0.15) is 44.7 Å². The van der Waals surface area contributed by atoms with Gasteiger partial charge in [0.05, 0.1) is 6.42 Å². The zero-order chi connectivity index (χ0) is 23.1. The fraction of sp³-hybridized carbons (Fsp3) is 0.200. The van der Waals surface area contributed by atoms with Gasteiger partial charge in [-0.2, -0.15) is 5.26 Å². The summed E-state index contributed by atoms with van der Waals surface area (Å²) in [5.74, 6) is -0.472. The van der Waals surface area contributed by atoms with E-state index in [1.54, 1.807) is 32.0 Å². The smallest absolute Gasteiger partial charge is 0.311 e. The number of carbonyl (C=O) groups excluding carboxylic acids is 2. The molecule has 1 amide bonds. The Bertz CT molecular complexity index is 1240. The predicted octanol–water partition coefficient (Wildman–Crippen LogP) is 3.33. The molecule has 3 aromatic rings. The summed E-state index contributed by atoms with van der Waals surface area (Å²) < 4.78 is 5.39. The Balaban J connectivity index is 1.61. The third-order valence-corrected chi connectivity index (χ3v) is 5.12. The van der Waals surface area contributed by atoms with Crippen molar-refractivity contribution in [1.82, 2.24) is 10.3 Å². The van der Waals surface area contributed by atoms with E-state index in [0.717, 1.165) is 11.1 Å². The second-order valence-electron chi connectivity index (χ2n) is 7.34. The molecule has 162 valence electrons. The fourth-order valence-electron chi connectivity index (χ4n) is 3.41. The number of ether oxygens (including phenoxy) is 1. The number of amides is 1. The summed E-state index contributed by atoms with van der Waals surface area (Å²) in [5, 5.41) is 12.0. The van der Waals surface area contributed by atoms with Crippen molar-refractivity contribution in [3.05, 3.63) is 98.5 Å². The normalized spacial score (nSPS) is 10.3. The molecular weight excluding hydrogens is 406 g/mol. The van der Waals surface area contributed by atoms with Gasteiger partial charge in [0, 0.05) is 17.8 Å².